The fourth-order valence-electron chi connectivity index (χ4n) is 1.43. The predicted molar refractivity (Wildman–Crippen MR) is 72.7 cm³/mol. The van der Waals surface area contributed by atoms with Crippen LogP contribution in [-0.2, 0) is 11.4 Å². The van der Waals surface area contributed by atoms with E-state index in [1.165, 1.54) is 18.7 Å². The molecule has 5 heteroatoms. The third-order valence-electron chi connectivity index (χ3n) is 2.53. The first kappa shape index (κ1) is 14.7. The molecule has 0 radical (unpaired) electrons. The standard InChI is InChI=1S/C13H17NO3S/c1-9(16)12(8-18-2)14-13(17)11-5-3-10(7-15)4-6-11/h3-6,12,15H,7-8H2,1-2H3,(H,14,17). The number of carbonyl (C=O) groups is 2. The molecule has 98 valence electrons. The van der Waals surface area contributed by atoms with Crippen LogP contribution in [0.2, 0.25) is 0 Å². The summed E-state index contributed by atoms with van der Waals surface area (Å²) in [7, 11) is 0. The molecular weight excluding hydrogens is 250 g/mol. The molecule has 0 fully saturated rings. The monoisotopic (exact) mass is 267 g/mol. The van der Waals surface area contributed by atoms with Gasteiger partial charge in [-0.05, 0) is 30.9 Å². The Morgan fingerprint density at radius 1 is 1.33 bits per heavy atom. The van der Waals surface area contributed by atoms with E-state index in [0.29, 0.717) is 11.3 Å². The molecule has 1 unspecified atom stereocenters. The molecule has 0 aliphatic rings. The van der Waals surface area contributed by atoms with E-state index in [1.807, 2.05) is 6.26 Å². The molecule has 1 amide bonds. The van der Waals surface area contributed by atoms with E-state index in [0.717, 1.165) is 5.56 Å². The van der Waals surface area contributed by atoms with Crippen LogP contribution < -0.4 is 5.32 Å². The van der Waals surface area contributed by atoms with Gasteiger partial charge < -0.3 is 10.4 Å². The Balaban J connectivity index is 2.70. The molecule has 1 atom stereocenters. The smallest absolute Gasteiger partial charge is 0.251 e. The Morgan fingerprint density at radius 3 is 2.39 bits per heavy atom. The summed E-state index contributed by atoms with van der Waals surface area (Å²) in [6, 6.07) is 6.19. The molecule has 0 aliphatic heterocycles. The van der Waals surface area contributed by atoms with Crippen LogP contribution >= 0.6 is 11.8 Å². The zero-order chi connectivity index (χ0) is 13.5. The Kier molecular flexibility index (Phi) is 5.88. The molecule has 1 rings (SSSR count). The number of hydrogen-bond donors (Lipinski definition) is 2. The Bertz CT molecular complexity index is 417. The maximum Gasteiger partial charge on any atom is 0.251 e. The number of Topliss-reactive ketones (excluding diaryl/α,β-unsaturated/α-hetero) is 1. The highest BCUT2D eigenvalue weighted by Gasteiger charge is 2.17. The van der Waals surface area contributed by atoms with Crippen molar-refractivity contribution in [3.05, 3.63) is 35.4 Å². The largest absolute Gasteiger partial charge is 0.392 e. The highest BCUT2D eigenvalue weighted by atomic mass is 32.2. The van der Waals surface area contributed by atoms with Crippen molar-refractivity contribution in [2.45, 2.75) is 19.6 Å². The fourth-order valence-corrected chi connectivity index (χ4v) is 2.08. The lowest BCUT2D eigenvalue weighted by molar-refractivity contribution is -0.118. The van der Waals surface area contributed by atoms with Crippen molar-refractivity contribution >= 4 is 23.5 Å². The third kappa shape index (κ3) is 4.16. The van der Waals surface area contributed by atoms with Crippen LogP contribution in [0.3, 0.4) is 0 Å². The minimum absolute atomic E-state index is 0.0511. The summed E-state index contributed by atoms with van der Waals surface area (Å²) in [5.41, 5.74) is 1.23. The zero-order valence-corrected chi connectivity index (χ0v) is 11.3. The van der Waals surface area contributed by atoms with Gasteiger partial charge in [-0.1, -0.05) is 12.1 Å². The Morgan fingerprint density at radius 2 is 1.94 bits per heavy atom. The van der Waals surface area contributed by atoms with Gasteiger partial charge >= 0.3 is 0 Å². The summed E-state index contributed by atoms with van der Waals surface area (Å²) in [4.78, 5) is 23.2. The van der Waals surface area contributed by atoms with Crippen LogP contribution in [0.4, 0.5) is 0 Å². The second-order valence-corrected chi connectivity index (χ2v) is 4.86. The summed E-state index contributed by atoms with van der Waals surface area (Å²) in [6.45, 7) is 1.42. The lowest BCUT2D eigenvalue weighted by atomic mass is 10.1. The van der Waals surface area contributed by atoms with Crippen LogP contribution in [0.5, 0.6) is 0 Å². The van der Waals surface area contributed by atoms with Gasteiger partial charge in [0.2, 0.25) is 0 Å². The molecule has 0 saturated carbocycles. The summed E-state index contributed by atoms with van der Waals surface area (Å²) in [5, 5.41) is 11.6. The van der Waals surface area contributed by atoms with E-state index >= 15 is 0 Å². The molecule has 0 spiro atoms. The quantitative estimate of drug-likeness (QED) is 0.813. The molecule has 2 N–H and O–H groups in total. The number of ketones is 1. The predicted octanol–water partition coefficient (Wildman–Crippen LogP) is 1.23. The normalized spacial score (nSPS) is 11.9. The summed E-state index contributed by atoms with van der Waals surface area (Å²) in [6.07, 6.45) is 1.89. The van der Waals surface area contributed by atoms with Gasteiger partial charge in [-0.15, -0.1) is 0 Å². The van der Waals surface area contributed by atoms with Gasteiger partial charge in [0.1, 0.15) is 0 Å². The van der Waals surface area contributed by atoms with E-state index in [9.17, 15) is 9.59 Å². The number of aliphatic hydroxyl groups excluding tert-OH is 1. The average molecular weight is 267 g/mol. The molecule has 0 heterocycles. The van der Waals surface area contributed by atoms with Crippen molar-refractivity contribution in [2.24, 2.45) is 0 Å². The first-order chi connectivity index (χ1) is 8.58. The highest BCUT2D eigenvalue weighted by Crippen LogP contribution is 2.06. The lowest BCUT2D eigenvalue weighted by Crippen LogP contribution is -2.41. The number of rotatable bonds is 6. The van der Waals surface area contributed by atoms with E-state index in [2.05, 4.69) is 5.32 Å². The molecule has 0 aliphatic carbocycles. The van der Waals surface area contributed by atoms with Crippen molar-refractivity contribution in [3.63, 3.8) is 0 Å². The molecular formula is C13H17NO3S. The van der Waals surface area contributed by atoms with Gasteiger partial charge in [0.15, 0.2) is 5.78 Å². The van der Waals surface area contributed by atoms with Crippen LogP contribution in [-0.4, -0.2) is 34.8 Å². The van der Waals surface area contributed by atoms with Gasteiger partial charge in [0.25, 0.3) is 5.91 Å². The third-order valence-corrected chi connectivity index (χ3v) is 3.19. The molecule has 0 aromatic heterocycles. The number of benzene rings is 1. The van der Waals surface area contributed by atoms with E-state index in [1.54, 1.807) is 24.3 Å². The maximum atomic E-state index is 11.9. The van der Waals surface area contributed by atoms with Crippen LogP contribution in [0.15, 0.2) is 24.3 Å². The Hall–Kier alpha value is -1.33. The van der Waals surface area contributed by atoms with E-state index < -0.39 is 6.04 Å². The number of nitrogens with one attached hydrogen (secondary N) is 1. The maximum absolute atomic E-state index is 11.9. The number of amides is 1. The molecule has 0 saturated heterocycles. The number of carbonyl (C=O) groups excluding carboxylic acids is 2. The number of hydrogen-bond acceptors (Lipinski definition) is 4. The minimum atomic E-state index is -0.454. The zero-order valence-electron chi connectivity index (χ0n) is 10.5. The highest BCUT2D eigenvalue weighted by molar-refractivity contribution is 7.98. The van der Waals surface area contributed by atoms with Crippen LogP contribution in [0.25, 0.3) is 0 Å². The minimum Gasteiger partial charge on any atom is -0.392 e. The van der Waals surface area contributed by atoms with Crippen molar-refractivity contribution < 1.29 is 14.7 Å². The Labute approximate surface area is 111 Å². The van der Waals surface area contributed by atoms with Crippen molar-refractivity contribution in [1.82, 2.24) is 5.32 Å². The van der Waals surface area contributed by atoms with Gasteiger partial charge in [-0.3, -0.25) is 9.59 Å². The van der Waals surface area contributed by atoms with Crippen molar-refractivity contribution in [2.75, 3.05) is 12.0 Å². The van der Waals surface area contributed by atoms with Gasteiger partial charge in [0, 0.05) is 11.3 Å². The second kappa shape index (κ2) is 7.18. The van der Waals surface area contributed by atoms with Gasteiger partial charge in [0.05, 0.1) is 12.6 Å². The van der Waals surface area contributed by atoms with E-state index in [-0.39, 0.29) is 18.3 Å². The van der Waals surface area contributed by atoms with Crippen molar-refractivity contribution in [3.8, 4) is 0 Å². The molecule has 1 aromatic rings. The van der Waals surface area contributed by atoms with Crippen LogP contribution in [0, 0.1) is 0 Å². The molecule has 1 aromatic carbocycles. The molecule has 4 nitrogen and oxygen atoms in total. The number of thioether (sulfide) groups is 1. The summed E-state index contributed by atoms with van der Waals surface area (Å²) < 4.78 is 0. The number of aliphatic hydroxyl groups is 1. The lowest BCUT2D eigenvalue weighted by Gasteiger charge is -2.14. The van der Waals surface area contributed by atoms with Gasteiger partial charge in [-0.25, -0.2) is 0 Å². The first-order valence-corrected chi connectivity index (χ1v) is 6.98. The topological polar surface area (TPSA) is 66.4 Å². The second-order valence-electron chi connectivity index (χ2n) is 3.95. The van der Waals surface area contributed by atoms with Gasteiger partial charge in [-0.2, -0.15) is 11.8 Å². The summed E-state index contributed by atoms with van der Waals surface area (Å²) >= 11 is 1.51. The fraction of sp³-hybridized carbons (Fsp3) is 0.385. The SMILES string of the molecule is CSCC(NC(=O)c1ccc(CO)cc1)C(C)=O. The molecule has 18 heavy (non-hydrogen) atoms. The summed E-state index contributed by atoms with van der Waals surface area (Å²) in [5.74, 6) is 0.244. The van der Waals surface area contributed by atoms with Crippen molar-refractivity contribution in [1.29, 1.82) is 0 Å². The first-order valence-electron chi connectivity index (χ1n) is 5.58. The van der Waals surface area contributed by atoms with E-state index in [4.69, 9.17) is 5.11 Å². The molecule has 0 bridgehead atoms. The van der Waals surface area contributed by atoms with Crippen LogP contribution in [0.1, 0.15) is 22.8 Å². The average Bonchev–Trinajstić information content (AvgIpc) is 2.38.